The van der Waals surface area contributed by atoms with Gasteiger partial charge in [0.2, 0.25) is 0 Å². The number of anilines is 1. The topological polar surface area (TPSA) is 12.5 Å². The van der Waals surface area contributed by atoms with Crippen LogP contribution in [0.4, 0.5) is 5.69 Å². The molecule has 2 aliphatic heterocycles. The Kier molecular flexibility index (Phi) is 4.95. The molecule has 3 aromatic carbocycles. The van der Waals surface area contributed by atoms with E-state index in [1.165, 1.54) is 5.56 Å². The van der Waals surface area contributed by atoms with Crippen molar-refractivity contribution >= 4 is 45.5 Å². The molecule has 2 aliphatic rings. The van der Waals surface area contributed by atoms with E-state index in [0.717, 1.165) is 46.1 Å². The summed E-state index contributed by atoms with van der Waals surface area (Å²) < 4.78 is 5.90. The molecule has 2 heterocycles. The molecule has 0 amide bonds. The zero-order chi connectivity index (χ0) is 20.0. The molecule has 0 saturated heterocycles. The smallest absolute Gasteiger partial charge is 0.124 e. The Hall–Kier alpha value is -2.13. The van der Waals surface area contributed by atoms with Crippen molar-refractivity contribution in [1.29, 1.82) is 0 Å². The van der Waals surface area contributed by atoms with E-state index in [9.17, 15) is 0 Å². The summed E-state index contributed by atoms with van der Waals surface area (Å²) in [5.41, 5.74) is 5.39. The van der Waals surface area contributed by atoms with E-state index in [1.54, 1.807) is 6.07 Å². The minimum Gasteiger partial charge on any atom is -0.493 e. The van der Waals surface area contributed by atoms with Gasteiger partial charge < -0.3 is 9.64 Å². The van der Waals surface area contributed by atoms with Crippen LogP contribution < -0.4 is 9.64 Å². The zero-order valence-corrected chi connectivity index (χ0v) is 17.8. The van der Waals surface area contributed by atoms with Crippen molar-refractivity contribution in [3.05, 3.63) is 87.9 Å². The molecular weight excluding hydrogens is 425 g/mol. The van der Waals surface area contributed by atoms with Crippen LogP contribution in [-0.2, 0) is 0 Å². The van der Waals surface area contributed by atoms with Crippen LogP contribution in [0.3, 0.4) is 0 Å². The number of rotatable bonds is 2. The molecule has 0 aromatic heterocycles. The maximum absolute atomic E-state index is 6.63. The number of benzene rings is 3. The standard InChI is InChI=1S/C24H18Cl3NO/c25-16-12-15(13-17(26)14-16)18-5-3-6-19-21(27)8-10-28(24(18)19)22-9-11-29-23-7-2-1-4-20(22)23/h1-8,12-14,22H,9-11H2/t22-/m0/s1. The molecule has 2 nitrogen and oxygen atoms in total. The van der Waals surface area contributed by atoms with Crippen LogP contribution in [0.2, 0.25) is 10.0 Å². The molecule has 0 bridgehead atoms. The Labute approximate surface area is 185 Å². The van der Waals surface area contributed by atoms with E-state index in [2.05, 4.69) is 35.2 Å². The van der Waals surface area contributed by atoms with Crippen molar-refractivity contribution < 1.29 is 4.74 Å². The van der Waals surface area contributed by atoms with Crippen LogP contribution in [0, 0.1) is 0 Å². The predicted molar refractivity (Wildman–Crippen MR) is 122 cm³/mol. The number of fused-ring (bicyclic) bond motifs is 2. The van der Waals surface area contributed by atoms with E-state index >= 15 is 0 Å². The largest absolute Gasteiger partial charge is 0.493 e. The Morgan fingerprint density at radius 3 is 2.45 bits per heavy atom. The van der Waals surface area contributed by atoms with Crippen molar-refractivity contribution in [3.8, 4) is 16.9 Å². The summed E-state index contributed by atoms with van der Waals surface area (Å²) in [6.45, 7) is 1.42. The fourth-order valence-electron chi connectivity index (χ4n) is 4.30. The van der Waals surface area contributed by atoms with Crippen LogP contribution >= 0.6 is 34.8 Å². The molecule has 0 aliphatic carbocycles. The molecule has 0 spiro atoms. The Balaban J connectivity index is 1.70. The lowest BCUT2D eigenvalue weighted by Crippen LogP contribution is -2.35. The van der Waals surface area contributed by atoms with Gasteiger partial charge in [0.25, 0.3) is 0 Å². The second kappa shape index (κ2) is 7.60. The normalized spacial score (nSPS) is 17.8. The van der Waals surface area contributed by atoms with Crippen molar-refractivity contribution in [3.63, 3.8) is 0 Å². The summed E-state index contributed by atoms with van der Waals surface area (Å²) >= 11 is 19.3. The average molecular weight is 443 g/mol. The predicted octanol–water partition coefficient (Wildman–Crippen LogP) is 7.58. The van der Waals surface area contributed by atoms with Gasteiger partial charge in [-0.1, -0.05) is 71.2 Å². The number of hydrogen-bond donors (Lipinski definition) is 0. The minimum atomic E-state index is 0.204. The monoisotopic (exact) mass is 441 g/mol. The second-order valence-electron chi connectivity index (χ2n) is 7.26. The van der Waals surface area contributed by atoms with Crippen molar-refractivity contribution in [1.82, 2.24) is 0 Å². The van der Waals surface area contributed by atoms with Gasteiger partial charge in [-0.2, -0.15) is 0 Å². The van der Waals surface area contributed by atoms with E-state index < -0.39 is 0 Å². The third-order valence-electron chi connectivity index (χ3n) is 5.52. The first-order valence-electron chi connectivity index (χ1n) is 9.56. The Morgan fingerprint density at radius 1 is 0.862 bits per heavy atom. The first-order chi connectivity index (χ1) is 14.1. The number of halogens is 3. The van der Waals surface area contributed by atoms with Crippen LogP contribution in [0.15, 0.2) is 66.7 Å². The van der Waals surface area contributed by atoms with E-state index in [4.69, 9.17) is 39.5 Å². The number of hydrogen-bond acceptors (Lipinski definition) is 2. The van der Waals surface area contributed by atoms with Gasteiger partial charge in [0.15, 0.2) is 0 Å². The lowest BCUT2D eigenvalue weighted by atomic mass is 9.92. The summed E-state index contributed by atoms with van der Waals surface area (Å²) in [6, 6.07) is 20.3. The van der Waals surface area contributed by atoms with Gasteiger partial charge in [-0.3, -0.25) is 0 Å². The van der Waals surface area contributed by atoms with Gasteiger partial charge in [0.1, 0.15) is 5.75 Å². The number of para-hydroxylation sites is 2. The minimum absolute atomic E-state index is 0.204. The summed E-state index contributed by atoms with van der Waals surface area (Å²) in [4.78, 5) is 2.42. The van der Waals surface area contributed by atoms with Crippen LogP contribution in [-0.4, -0.2) is 13.2 Å². The fraction of sp³-hybridized carbons (Fsp3) is 0.167. The van der Waals surface area contributed by atoms with Crippen molar-refractivity contribution in [2.45, 2.75) is 12.5 Å². The maximum atomic E-state index is 6.63. The lowest BCUT2D eigenvalue weighted by Gasteiger charge is -2.40. The van der Waals surface area contributed by atoms with Crippen LogP contribution in [0.25, 0.3) is 16.2 Å². The quantitative estimate of drug-likeness (QED) is 0.405. The molecule has 146 valence electrons. The number of ether oxygens (including phenoxy) is 1. The van der Waals surface area contributed by atoms with Gasteiger partial charge in [-0.05, 0) is 35.9 Å². The van der Waals surface area contributed by atoms with Crippen molar-refractivity contribution in [2.24, 2.45) is 0 Å². The van der Waals surface area contributed by atoms with Gasteiger partial charge >= 0.3 is 0 Å². The number of nitrogens with zero attached hydrogens (tertiary/aromatic N) is 1. The molecule has 0 fully saturated rings. The van der Waals surface area contributed by atoms with E-state index in [0.29, 0.717) is 16.7 Å². The molecule has 5 heteroatoms. The zero-order valence-electron chi connectivity index (χ0n) is 15.5. The van der Waals surface area contributed by atoms with Gasteiger partial charge in [0, 0.05) is 44.7 Å². The average Bonchev–Trinajstić information content (AvgIpc) is 2.73. The molecule has 0 saturated carbocycles. The fourth-order valence-corrected chi connectivity index (χ4v) is 5.05. The van der Waals surface area contributed by atoms with Crippen LogP contribution in [0.1, 0.15) is 23.6 Å². The third kappa shape index (κ3) is 3.40. The summed E-state index contributed by atoms with van der Waals surface area (Å²) in [5, 5.41) is 2.00. The Bertz CT molecular complexity index is 1100. The second-order valence-corrected chi connectivity index (χ2v) is 8.54. The Morgan fingerprint density at radius 2 is 1.62 bits per heavy atom. The van der Waals surface area contributed by atoms with Gasteiger partial charge in [-0.15, -0.1) is 0 Å². The molecular formula is C24H18Cl3NO. The summed E-state index contributed by atoms with van der Waals surface area (Å²) in [6.07, 6.45) is 2.99. The highest BCUT2D eigenvalue weighted by Gasteiger charge is 2.32. The SMILES string of the molecule is ClC1=CCN([C@H]2CCOc3ccccc32)c2c1cccc2-c1cc(Cl)cc(Cl)c1. The highest BCUT2D eigenvalue weighted by atomic mass is 35.5. The van der Waals surface area contributed by atoms with E-state index in [-0.39, 0.29) is 6.04 Å². The molecule has 1 atom stereocenters. The van der Waals surface area contributed by atoms with Crippen molar-refractivity contribution in [2.75, 3.05) is 18.1 Å². The van der Waals surface area contributed by atoms with Crippen LogP contribution in [0.5, 0.6) is 5.75 Å². The van der Waals surface area contributed by atoms with E-state index in [1.807, 2.05) is 30.3 Å². The molecule has 0 unspecified atom stereocenters. The molecule has 0 N–H and O–H groups in total. The highest BCUT2D eigenvalue weighted by molar-refractivity contribution is 6.49. The summed E-state index contributed by atoms with van der Waals surface area (Å²) in [7, 11) is 0. The first kappa shape index (κ1) is 18.9. The first-order valence-corrected chi connectivity index (χ1v) is 10.7. The third-order valence-corrected chi connectivity index (χ3v) is 6.32. The summed E-state index contributed by atoms with van der Waals surface area (Å²) in [5.74, 6) is 0.953. The molecule has 3 aromatic rings. The van der Waals surface area contributed by atoms with Gasteiger partial charge in [-0.25, -0.2) is 0 Å². The van der Waals surface area contributed by atoms with Gasteiger partial charge in [0.05, 0.1) is 18.3 Å². The lowest BCUT2D eigenvalue weighted by molar-refractivity contribution is 0.265. The highest BCUT2D eigenvalue weighted by Crippen LogP contribution is 2.47. The molecule has 29 heavy (non-hydrogen) atoms. The maximum Gasteiger partial charge on any atom is 0.124 e. The molecule has 0 radical (unpaired) electrons. The molecule has 5 rings (SSSR count).